The quantitative estimate of drug-likeness (QED) is 0.342. The highest BCUT2D eigenvalue weighted by molar-refractivity contribution is 6.42. The zero-order valence-electron chi connectivity index (χ0n) is 14.1. The number of nitrogens with zero attached hydrogens (tertiary/aromatic N) is 2. The van der Waals surface area contributed by atoms with Gasteiger partial charge in [-0.2, -0.15) is 5.10 Å². The van der Waals surface area contributed by atoms with Crippen molar-refractivity contribution in [2.24, 2.45) is 15.9 Å². The van der Waals surface area contributed by atoms with Gasteiger partial charge in [0.15, 0.2) is 0 Å². The van der Waals surface area contributed by atoms with Crippen molar-refractivity contribution in [1.82, 2.24) is 0 Å². The molecular weight excluding hydrogens is 329 g/mol. The average Bonchev–Trinajstić information content (AvgIpc) is 3.08. The van der Waals surface area contributed by atoms with E-state index in [1.807, 2.05) is 43.3 Å². The third-order valence-corrected chi connectivity index (χ3v) is 3.98. The average molecular weight is 345 g/mol. The number of para-hydroxylation sites is 2. The lowest BCUT2D eigenvalue weighted by Gasteiger charge is -2.05. The zero-order chi connectivity index (χ0) is 17.9. The molecule has 0 unspecified atom stereocenters. The van der Waals surface area contributed by atoms with E-state index >= 15 is 0 Å². The minimum absolute atomic E-state index is 0.136. The largest absolute Gasteiger partial charge is 0.866 e. The molecule has 4 rings (SSSR count). The SMILES string of the molecule is C/C(=N/N=C(/N)OB1Oc2ccccc2O1)c1ccc2ccccc2c1. The van der Waals surface area contributed by atoms with Gasteiger partial charge < -0.3 is 19.7 Å². The number of fused-ring (bicyclic) bond motifs is 2. The summed E-state index contributed by atoms with van der Waals surface area (Å²) in [6, 6.07) is 21.4. The molecule has 1 heterocycles. The molecule has 0 radical (unpaired) electrons. The van der Waals surface area contributed by atoms with Crippen molar-refractivity contribution in [3.05, 3.63) is 72.3 Å². The molecule has 3 aromatic rings. The molecule has 0 saturated heterocycles. The van der Waals surface area contributed by atoms with Crippen LogP contribution in [0.5, 0.6) is 11.5 Å². The van der Waals surface area contributed by atoms with Crippen molar-refractivity contribution in [2.75, 3.05) is 0 Å². The molecule has 1 aliphatic heterocycles. The highest BCUT2D eigenvalue weighted by Crippen LogP contribution is 2.32. The first-order chi connectivity index (χ1) is 12.7. The monoisotopic (exact) mass is 345 g/mol. The van der Waals surface area contributed by atoms with Gasteiger partial charge in [-0.1, -0.05) is 53.6 Å². The third kappa shape index (κ3) is 3.32. The highest BCUT2D eigenvalue weighted by atomic mass is 16.8. The van der Waals surface area contributed by atoms with Gasteiger partial charge in [0.25, 0.3) is 6.02 Å². The van der Waals surface area contributed by atoms with Crippen LogP contribution in [0.3, 0.4) is 0 Å². The van der Waals surface area contributed by atoms with Crippen LogP contribution >= 0.6 is 0 Å². The van der Waals surface area contributed by atoms with Crippen LogP contribution in [0.4, 0.5) is 0 Å². The summed E-state index contributed by atoms with van der Waals surface area (Å²) in [6.07, 6.45) is 0. The van der Waals surface area contributed by atoms with Gasteiger partial charge in [0.05, 0.1) is 5.71 Å². The summed E-state index contributed by atoms with van der Waals surface area (Å²) < 4.78 is 16.3. The summed E-state index contributed by atoms with van der Waals surface area (Å²) in [5.41, 5.74) is 7.45. The van der Waals surface area contributed by atoms with Gasteiger partial charge in [0.2, 0.25) is 0 Å². The maximum absolute atomic E-state index is 5.77. The Kier molecular flexibility index (Phi) is 4.19. The van der Waals surface area contributed by atoms with Crippen molar-refractivity contribution in [1.29, 1.82) is 0 Å². The van der Waals surface area contributed by atoms with E-state index in [0.29, 0.717) is 11.5 Å². The Bertz CT molecular complexity index is 995. The first-order valence-corrected chi connectivity index (χ1v) is 8.15. The summed E-state index contributed by atoms with van der Waals surface area (Å²) in [4.78, 5) is 0. The Morgan fingerprint density at radius 1 is 0.885 bits per heavy atom. The molecule has 7 heteroatoms. The van der Waals surface area contributed by atoms with Crippen LogP contribution in [-0.4, -0.2) is 19.1 Å². The van der Waals surface area contributed by atoms with Crippen LogP contribution in [0.1, 0.15) is 12.5 Å². The second kappa shape index (κ2) is 6.80. The Labute approximate surface area is 151 Å². The van der Waals surface area contributed by atoms with Crippen molar-refractivity contribution < 1.29 is 14.0 Å². The molecule has 26 heavy (non-hydrogen) atoms. The lowest BCUT2D eigenvalue weighted by molar-refractivity contribution is 0.342. The number of amidine groups is 1. The van der Waals surface area contributed by atoms with Gasteiger partial charge in [-0.05, 0) is 41.5 Å². The lowest BCUT2D eigenvalue weighted by atomic mass is 10.0. The van der Waals surface area contributed by atoms with E-state index in [2.05, 4.69) is 28.4 Å². The third-order valence-electron chi connectivity index (χ3n) is 3.98. The smallest absolute Gasteiger partial charge is 0.486 e. The van der Waals surface area contributed by atoms with Crippen LogP contribution in [0.2, 0.25) is 0 Å². The van der Waals surface area contributed by atoms with Gasteiger partial charge >= 0.3 is 7.32 Å². The fourth-order valence-corrected chi connectivity index (χ4v) is 2.64. The van der Waals surface area contributed by atoms with E-state index in [1.165, 1.54) is 5.39 Å². The lowest BCUT2D eigenvalue weighted by Crippen LogP contribution is -2.35. The Morgan fingerprint density at radius 3 is 2.27 bits per heavy atom. The van der Waals surface area contributed by atoms with Crippen molar-refractivity contribution in [3.63, 3.8) is 0 Å². The normalized spacial score (nSPS) is 14.0. The van der Waals surface area contributed by atoms with Crippen molar-refractivity contribution >= 4 is 29.8 Å². The van der Waals surface area contributed by atoms with Gasteiger partial charge in [-0.3, -0.25) is 0 Å². The van der Waals surface area contributed by atoms with E-state index in [0.717, 1.165) is 16.7 Å². The van der Waals surface area contributed by atoms with Gasteiger partial charge in [0.1, 0.15) is 11.5 Å². The van der Waals surface area contributed by atoms with Gasteiger partial charge in [-0.25, -0.2) is 0 Å². The second-order valence-electron chi connectivity index (χ2n) is 5.77. The van der Waals surface area contributed by atoms with Gasteiger partial charge in [0, 0.05) is 0 Å². The molecular formula is C19H16BN3O3. The van der Waals surface area contributed by atoms with Crippen molar-refractivity contribution in [2.45, 2.75) is 6.92 Å². The Balaban J connectivity index is 1.45. The molecule has 6 nitrogen and oxygen atoms in total. The van der Waals surface area contributed by atoms with Crippen LogP contribution in [0.25, 0.3) is 10.8 Å². The highest BCUT2D eigenvalue weighted by Gasteiger charge is 2.38. The number of hydrogen-bond acceptors (Lipinski definition) is 5. The minimum atomic E-state index is -0.965. The molecule has 0 saturated carbocycles. The summed E-state index contributed by atoms with van der Waals surface area (Å²) in [6.45, 7) is 1.86. The summed E-state index contributed by atoms with van der Waals surface area (Å²) >= 11 is 0. The molecule has 0 aliphatic carbocycles. The van der Waals surface area contributed by atoms with Crippen LogP contribution < -0.4 is 15.0 Å². The number of rotatable bonds is 3. The first-order valence-electron chi connectivity index (χ1n) is 8.15. The Morgan fingerprint density at radius 2 is 1.54 bits per heavy atom. The maximum atomic E-state index is 5.77. The van der Waals surface area contributed by atoms with Crippen molar-refractivity contribution in [3.8, 4) is 11.5 Å². The summed E-state index contributed by atoms with van der Waals surface area (Å²) in [5.74, 6) is 1.20. The zero-order valence-corrected chi connectivity index (χ0v) is 14.1. The van der Waals surface area contributed by atoms with Crippen LogP contribution in [0.15, 0.2) is 76.9 Å². The fourth-order valence-electron chi connectivity index (χ4n) is 2.64. The predicted octanol–water partition coefficient (Wildman–Crippen LogP) is 3.35. The van der Waals surface area contributed by atoms with E-state index in [4.69, 9.17) is 19.7 Å². The molecule has 128 valence electrons. The molecule has 0 atom stereocenters. The molecule has 0 aromatic heterocycles. The Hall–Kier alpha value is -3.48. The molecule has 2 N–H and O–H groups in total. The standard InChI is InChI=1S/C19H16BN3O3/c1-13(15-11-10-14-6-2-3-7-16(14)12-15)22-23-19(21)26-20-24-17-8-4-5-9-18(17)25-20/h2-12H,1H3,(H2,21,23)/b22-13-. The van der Waals surface area contributed by atoms with E-state index in [-0.39, 0.29) is 6.02 Å². The topological polar surface area (TPSA) is 78.4 Å². The predicted molar refractivity (Wildman–Crippen MR) is 102 cm³/mol. The van der Waals surface area contributed by atoms with Gasteiger partial charge in [-0.15, -0.1) is 0 Å². The minimum Gasteiger partial charge on any atom is -0.486 e. The molecule has 0 bridgehead atoms. The fraction of sp³-hybridized carbons (Fsp3) is 0.0526. The number of hydrogen-bond donors (Lipinski definition) is 1. The van der Waals surface area contributed by atoms with Crippen LogP contribution in [0, 0.1) is 0 Å². The number of nitrogens with two attached hydrogens (primary N) is 1. The van der Waals surface area contributed by atoms with E-state index in [1.54, 1.807) is 12.1 Å². The second-order valence-corrected chi connectivity index (χ2v) is 5.77. The molecule has 0 spiro atoms. The summed E-state index contributed by atoms with van der Waals surface area (Å²) in [7, 11) is -0.965. The van der Waals surface area contributed by atoms with E-state index in [9.17, 15) is 0 Å². The molecule has 0 fully saturated rings. The van der Waals surface area contributed by atoms with E-state index < -0.39 is 7.32 Å². The molecule has 1 aliphatic rings. The summed E-state index contributed by atoms with van der Waals surface area (Å²) in [5, 5.41) is 10.4. The first kappa shape index (κ1) is 16.0. The molecule has 3 aromatic carbocycles. The molecule has 0 amide bonds. The maximum Gasteiger partial charge on any atom is 0.866 e. The van der Waals surface area contributed by atoms with Crippen LogP contribution in [-0.2, 0) is 4.65 Å². The number of benzene rings is 3.